The minimum absolute atomic E-state index is 0.00491. The number of unbranched alkanes of at least 4 members (excludes halogenated alkanes) is 3. The van der Waals surface area contributed by atoms with Gasteiger partial charge in [-0.25, -0.2) is 9.78 Å². The van der Waals surface area contributed by atoms with Gasteiger partial charge in [0.1, 0.15) is 24.3 Å². The molecule has 236 valence electrons. The van der Waals surface area contributed by atoms with Crippen molar-refractivity contribution in [2.75, 3.05) is 23.8 Å². The van der Waals surface area contributed by atoms with Crippen molar-refractivity contribution in [3.63, 3.8) is 0 Å². The third-order valence-corrected chi connectivity index (χ3v) is 8.57. The maximum Gasteiger partial charge on any atom is 0.315 e. The number of amides is 2. The van der Waals surface area contributed by atoms with Gasteiger partial charge in [-0.3, -0.25) is 9.59 Å². The van der Waals surface area contributed by atoms with Crippen molar-refractivity contribution in [2.24, 2.45) is 0 Å². The van der Waals surface area contributed by atoms with E-state index in [1.807, 2.05) is 35.5 Å². The molecule has 5 N–H and O–H groups in total. The highest BCUT2D eigenvalue weighted by molar-refractivity contribution is 7.99. The molecule has 5 heterocycles. The molecule has 5 rings (SSSR count). The SMILES string of the molecule is C#C[C@@]1(COC(=O)CCCCC)CC[C@H](n2ccc3c(N)nc(Cl)nc32)O1.CCCCC(=O)O.O=C1N[C@H]2CSC[C@H]2N1. The first kappa shape index (κ1) is 34.3. The molecule has 2 aromatic heterocycles. The van der Waals surface area contributed by atoms with Gasteiger partial charge in [0.2, 0.25) is 5.28 Å². The topological polar surface area (TPSA) is 171 Å². The zero-order chi connectivity index (χ0) is 31.4. The summed E-state index contributed by atoms with van der Waals surface area (Å²) in [5.74, 6) is 4.18. The summed E-state index contributed by atoms with van der Waals surface area (Å²) in [4.78, 5) is 40.5. The minimum atomic E-state index is -0.940. The largest absolute Gasteiger partial charge is 0.481 e. The molecule has 0 spiro atoms. The third-order valence-electron chi connectivity index (χ3n) is 7.21. The van der Waals surface area contributed by atoms with E-state index in [1.54, 1.807) is 0 Å². The van der Waals surface area contributed by atoms with Gasteiger partial charge in [0.05, 0.1) is 17.5 Å². The van der Waals surface area contributed by atoms with Crippen molar-refractivity contribution in [1.29, 1.82) is 0 Å². The van der Waals surface area contributed by atoms with E-state index in [-0.39, 0.29) is 30.1 Å². The highest BCUT2D eigenvalue weighted by Crippen LogP contribution is 2.38. The number of anilines is 1. The van der Waals surface area contributed by atoms with Crippen LogP contribution in [0.4, 0.5) is 10.6 Å². The summed E-state index contributed by atoms with van der Waals surface area (Å²) in [6.07, 6.45) is 13.8. The number of carboxylic acids is 1. The molecule has 12 nitrogen and oxygen atoms in total. The Bertz CT molecular complexity index is 1290. The minimum Gasteiger partial charge on any atom is -0.481 e. The van der Waals surface area contributed by atoms with Crippen LogP contribution in [-0.4, -0.2) is 73.4 Å². The van der Waals surface area contributed by atoms with Crippen LogP contribution in [0.1, 0.15) is 77.9 Å². The molecular formula is C29H41ClN6O6S. The van der Waals surface area contributed by atoms with E-state index < -0.39 is 11.6 Å². The van der Waals surface area contributed by atoms with Gasteiger partial charge in [0.25, 0.3) is 0 Å². The summed E-state index contributed by atoms with van der Waals surface area (Å²) >= 11 is 7.82. The zero-order valence-electron chi connectivity index (χ0n) is 24.6. The van der Waals surface area contributed by atoms with Gasteiger partial charge in [0.15, 0.2) is 5.60 Å². The molecule has 3 aliphatic rings. The number of nitrogens with two attached hydrogens (primary N) is 1. The number of esters is 1. The zero-order valence-corrected chi connectivity index (χ0v) is 26.2. The first-order chi connectivity index (χ1) is 20.6. The molecule has 3 fully saturated rings. The highest BCUT2D eigenvalue weighted by Gasteiger charge is 2.41. The van der Waals surface area contributed by atoms with Crippen LogP contribution in [0.25, 0.3) is 11.0 Å². The van der Waals surface area contributed by atoms with E-state index in [1.165, 1.54) is 0 Å². The maximum absolute atomic E-state index is 11.9. The number of ether oxygens (including phenoxy) is 2. The first-order valence-electron chi connectivity index (χ1n) is 14.6. The number of hydrogen-bond acceptors (Lipinski definition) is 9. The number of halogens is 1. The molecule has 0 bridgehead atoms. The van der Waals surface area contributed by atoms with Crippen LogP contribution in [0.2, 0.25) is 5.28 Å². The summed E-state index contributed by atoms with van der Waals surface area (Å²) in [6, 6.07) is 2.63. The molecule has 0 saturated carbocycles. The van der Waals surface area contributed by atoms with Gasteiger partial charge in [-0.1, -0.05) is 39.0 Å². The Kier molecular flexibility index (Phi) is 13.2. The summed E-state index contributed by atoms with van der Waals surface area (Å²) in [5, 5.41) is 14.5. The molecule has 4 atom stereocenters. The number of urea groups is 1. The number of fused-ring (bicyclic) bond motifs is 2. The Morgan fingerprint density at radius 2 is 1.93 bits per heavy atom. The Hall–Kier alpha value is -3.21. The standard InChI is InChI=1S/C19H23ClN4O3.C5H8N2OS.C5H10O2/c1-3-5-6-7-15(25)26-12-19(4-2)10-8-14(27-19)24-11-9-13-16(21)22-18(20)23-17(13)24;8-5-6-3-1-9-2-4(3)7-5;1-2-3-4-5(6)7/h2,9,11,14H,3,5-8,10,12H2,1H3,(H2,21,22,23);3-4H,1-2H2,(H2,6,7,8);2-4H2,1H3,(H,6,7)/t14-,19+;3-,4+;/m1../s1. The van der Waals surface area contributed by atoms with Crippen LogP contribution >= 0.6 is 23.4 Å². The molecule has 0 aliphatic carbocycles. The van der Waals surface area contributed by atoms with Crippen molar-refractivity contribution in [2.45, 2.75) is 95.5 Å². The number of rotatable bonds is 10. The second-order valence-electron chi connectivity index (χ2n) is 10.6. The average molecular weight is 637 g/mol. The van der Waals surface area contributed by atoms with E-state index in [2.05, 4.69) is 33.4 Å². The Labute approximate surface area is 261 Å². The Morgan fingerprint density at radius 3 is 2.53 bits per heavy atom. The van der Waals surface area contributed by atoms with Crippen molar-refractivity contribution < 1.29 is 29.0 Å². The van der Waals surface area contributed by atoms with E-state index in [4.69, 9.17) is 38.3 Å². The number of carbonyl (C=O) groups is 3. The Balaban J connectivity index is 0.000000256. The van der Waals surface area contributed by atoms with Gasteiger partial charge >= 0.3 is 18.0 Å². The first-order valence-corrected chi connectivity index (χ1v) is 16.1. The van der Waals surface area contributed by atoms with Crippen LogP contribution in [0.5, 0.6) is 0 Å². The molecule has 14 heteroatoms. The monoisotopic (exact) mass is 636 g/mol. The summed E-state index contributed by atoms with van der Waals surface area (Å²) in [6.45, 7) is 4.10. The lowest BCUT2D eigenvalue weighted by Crippen LogP contribution is -2.34. The lowest BCUT2D eigenvalue weighted by atomic mass is 10.0. The number of thioether (sulfide) groups is 1. The second-order valence-corrected chi connectivity index (χ2v) is 12.0. The van der Waals surface area contributed by atoms with E-state index in [0.717, 1.165) is 43.6 Å². The van der Waals surface area contributed by atoms with Gasteiger partial charge in [-0.05, 0) is 43.4 Å². The lowest BCUT2D eigenvalue weighted by molar-refractivity contribution is -0.152. The van der Waals surface area contributed by atoms with Crippen LogP contribution in [0.3, 0.4) is 0 Å². The van der Waals surface area contributed by atoms with E-state index >= 15 is 0 Å². The third kappa shape index (κ3) is 9.91. The van der Waals surface area contributed by atoms with Gasteiger partial charge in [-0.2, -0.15) is 16.7 Å². The molecule has 0 unspecified atom stereocenters. The van der Waals surface area contributed by atoms with Crippen LogP contribution in [0.15, 0.2) is 12.3 Å². The molecule has 2 amide bonds. The van der Waals surface area contributed by atoms with E-state index in [0.29, 0.717) is 54.6 Å². The fourth-order valence-electron chi connectivity index (χ4n) is 4.78. The van der Waals surface area contributed by atoms with E-state index in [9.17, 15) is 14.4 Å². The molecule has 0 aromatic carbocycles. The normalized spacial score (nSPS) is 23.6. The average Bonchev–Trinajstić information content (AvgIpc) is 3.75. The molecule has 3 saturated heterocycles. The number of aliphatic carboxylic acids is 1. The van der Waals surface area contributed by atoms with Crippen molar-refractivity contribution in [1.82, 2.24) is 25.2 Å². The van der Waals surface area contributed by atoms with Gasteiger partial charge < -0.3 is 35.5 Å². The van der Waals surface area contributed by atoms with Crippen LogP contribution in [0, 0.1) is 12.3 Å². The van der Waals surface area contributed by atoms with Crippen molar-refractivity contribution >= 4 is 58.2 Å². The number of carboxylic acid groups (broad SMARTS) is 1. The lowest BCUT2D eigenvalue weighted by Gasteiger charge is -2.24. The number of nitrogens with one attached hydrogen (secondary N) is 2. The van der Waals surface area contributed by atoms with Gasteiger partial charge in [-0.15, -0.1) is 6.42 Å². The summed E-state index contributed by atoms with van der Waals surface area (Å²) in [7, 11) is 0. The predicted molar refractivity (Wildman–Crippen MR) is 167 cm³/mol. The summed E-state index contributed by atoms with van der Waals surface area (Å²) in [5.41, 5.74) is 5.54. The predicted octanol–water partition coefficient (Wildman–Crippen LogP) is 4.52. The van der Waals surface area contributed by atoms with Crippen LogP contribution < -0.4 is 16.4 Å². The number of nitrogen functional groups attached to an aromatic ring is 1. The smallest absolute Gasteiger partial charge is 0.315 e. The maximum atomic E-state index is 11.9. The number of carbonyl (C=O) groups excluding carboxylic acids is 2. The number of nitrogens with zero attached hydrogens (tertiary/aromatic N) is 3. The molecule has 2 aromatic rings. The fourth-order valence-corrected chi connectivity index (χ4v) is 6.23. The molecular weight excluding hydrogens is 596 g/mol. The van der Waals surface area contributed by atoms with Crippen molar-refractivity contribution in [3.8, 4) is 12.3 Å². The van der Waals surface area contributed by atoms with Crippen molar-refractivity contribution in [3.05, 3.63) is 17.5 Å². The number of aromatic nitrogens is 3. The summed E-state index contributed by atoms with van der Waals surface area (Å²) < 4.78 is 13.3. The molecule has 0 radical (unpaired) electrons. The van der Waals surface area contributed by atoms with Crippen LogP contribution in [-0.2, 0) is 19.1 Å². The Morgan fingerprint density at radius 1 is 1.23 bits per heavy atom. The molecule has 43 heavy (non-hydrogen) atoms. The van der Waals surface area contributed by atoms with Gasteiger partial charge in [0, 0.05) is 30.5 Å². The fraction of sp³-hybridized carbons (Fsp3) is 0.621. The second kappa shape index (κ2) is 16.6. The highest BCUT2D eigenvalue weighted by atomic mass is 35.5. The number of hydrogen-bond donors (Lipinski definition) is 4. The molecule has 3 aliphatic heterocycles. The quantitative estimate of drug-likeness (QED) is 0.0956. The number of terminal acetylenes is 1.